The molecule has 0 unspecified atom stereocenters. The lowest BCUT2D eigenvalue weighted by molar-refractivity contribution is 0.112. The first-order valence-corrected chi connectivity index (χ1v) is 6.23. The molecular weight excluding hydrogens is 363 g/mol. The molecule has 1 aromatic heterocycles. The van der Waals surface area contributed by atoms with E-state index in [0.29, 0.717) is 5.56 Å². The molecule has 0 amide bonds. The molecule has 66 valence electrons. The Labute approximate surface area is 101 Å². The molecule has 0 saturated heterocycles. The monoisotopic (exact) mass is 366 g/mol. The first-order chi connectivity index (χ1) is 6.20. The second kappa shape index (κ2) is 3.67. The van der Waals surface area contributed by atoms with Gasteiger partial charge in [-0.15, -0.1) is 11.3 Å². The molecule has 2 rings (SSSR count). The van der Waals surface area contributed by atoms with Crippen LogP contribution in [0.2, 0.25) is 0 Å². The average Bonchev–Trinajstić information content (AvgIpc) is 2.42. The van der Waals surface area contributed by atoms with Gasteiger partial charge in [0, 0.05) is 14.7 Å². The highest BCUT2D eigenvalue weighted by Crippen LogP contribution is 2.30. The molecule has 0 spiro atoms. The minimum absolute atomic E-state index is 0.714. The normalized spacial score (nSPS) is 10.6. The Morgan fingerprint density at radius 1 is 1.38 bits per heavy atom. The zero-order valence-corrected chi connectivity index (χ0v) is 10.9. The molecule has 2 aromatic rings. The molecule has 1 nitrogen and oxygen atoms in total. The third-order valence-electron chi connectivity index (χ3n) is 1.73. The Hall–Kier alpha value is 0.0600. The lowest BCUT2D eigenvalue weighted by Crippen LogP contribution is -1.79. The minimum atomic E-state index is 0.714. The summed E-state index contributed by atoms with van der Waals surface area (Å²) in [6.07, 6.45) is 0.871. The molecule has 1 heterocycles. The SMILES string of the molecule is O=Cc1cc2sc(I)cc2cc1Br. The molecule has 0 bridgehead atoms. The van der Waals surface area contributed by atoms with Gasteiger partial charge in [-0.2, -0.15) is 0 Å². The van der Waals surface area contributed by atoms with Crippen molar-refractivity contribution >= 4 is 66.2 Å². The number of rotatable bonds is 1. The van der Waals surface area contributed by atoms with Crippen molar-refractivity contribution in [3.8, 4) is 0 Å². The number of carbonyl (C=O) groups excluding carboxylic acids is 1. The molecule has 0 fully saturated rings. The highest BCUT2D eigenvalue weighted by atomic mass is 127. The van der Waals surface area contributed by atoms with Crippen molar-refractivity contribution in [2.24, 2.45) is 0 Å². The van der Waals surface area contributed by atoms with Crippen molar-refractivity contribution in [3.63, 3.8) is 0 Å². The Kier molecular flexibility index (Phi) is 2.71. The van der Waals surface area contributed by atoms with E-state index in [2.05, 4.69) is 44.6 Å². The summed E-state index contributed by atoms with van der Waals surface area (Å²) in [5.41, 5.74) is 0.714. The standard InChI is InChI=1S/C9H4BrIOS/c10-7-1-5-3-9(11)13-8(5)2-6(7)4-12/h1-4H. The Balaban J connectivity index is 2.79. The van der Waals surface area contributed by atoms with Crippen molar-refractivity contribution in [1.29, 1.82) is 0 Å². The quantitative estimate of drug-likeness (QED) is 0.549. The van der Waals surface area contributed by atoms with E-state index in [-0.39, 0.29) is 0 Å². The molecule has 0 aliphatic rings. The van der Waals surface area contributed by atoms with Crippen molar-refractivity contribution in [2.45, 2.75) is 0 Å². The van der Waals surface area contributed by atoms with Crippen LogP contribution in [0.5, 0.6) is 0 Å². The summed E-state index contributed by atoms with van der Waals surface area (Å²) < 4.78 is 3.27. The number of halogens is 2. The first kappa shape index (κ1) is 9.61. The second-order valence-corrected chi connectivity index (χ2v) is 6.41. The summed E-state index contributed by atoms with van der Waals surface area (Å²) in [6, 6.07) is 6.01. The Morgan fingerprint density at radius 3 is 2.85 bits per heavy atom. The maximum absolute atomic E-state index is 10.7. The van der Waals surface area contributed by atoms with Crippen LogP contribution in [0, 0.1) is 2.88 Å². The van der Waals surface area contributed by atoms with E-state index in [1.807, 2.05) is 12.1 Å². The molecule has 0 aliphatic heterocycles. The topological polar surface area (TPSA) is 17.1 Å². The number of hydrogen-bond donors (Lipinski definition) is 0. The van der Waals surface area contributed by atoms with E-state index in [0.717, 1.165) is 15.5 Å². The maximum atomic E-state index is 10.7. The highest BCUT2D eigenvalue weighted by Gasteiger charge is 2.04. The van der Waals surface area contributed by atoms with Crippen molar-refractivity contribution in [2.75, 3.05) is 0 Å². The smallest absolute Gasteiger partial charge is 0.151 e. The van der Waals surface area contributed by atoms with Gasteiger partial charge < -0.3 is 0 Å². The molecule has 13 heavy (non-hydrogen) atoms. The molecule has 0 radical (unpaired) electrons. The molecule has 0 aliphatic carbocycles. The molecule has 1 aromatic carbocycles. The lowest BCUT2D eigenvalue weighted by Gasteiger charge is -1.95. The Morgan fingerprint density at radius 2 is 2.15 bits per heavy atom. The highest BCUT2D eigenvalue weighted by molar-refractivity contribution is 14.1. The van der Waals surface area contributed by atoms with E-state index < -0.39 is 0 Å². The fraction of sp³-hybridized carbons (Fsp3) is 0. The molecule has 0 atom stereocenters. The van der Waals surface area contributed by atoms with E-state index in [1.165, 1.54) is 8.27 Å². The first-order valence-electron chi connectivity index (χ1n) is 3.54. The number of aldehydes is 1. The maximum Gasteiger partial charge on any atom is 0.151 e. The van der Waals surface area contributed by atoms with E-state index in [9.17, 15) is 4.79 Å². The summed E-state index contributed by atoms with van der Waals surface area (Å²) in [4.78, 5) is 10.7. The van der Waals surface area contributed by atoms with E-state index in [1.54, 1.807) is 11.3 Å². The van der Waals surface area contributed by atoms with Gasteiger partial charge in [0.2, 0.25) is 0 Å². The minimum Gasteiger partial charge on any atom is -0.298 e. The van der Waals surface area contributed by atoms with Gasteiger partial charge >= 0.3 is 0 Å². The van der Waals surface area contributed by atoms with Gasteiger partial charge in [0.05, 0.1) is 2.88 Å². The molecule has 4 heteroatoms. The van der Waals surface area contributed by atoms with Crippen molar-refractivity contribution in [1.82, 2.24) is 0 Å². The van der Waals surface area contributed by atoms with E-state index >= 15 is 0 Å². The van der Waals surface area contributed by atoms with Gasteiger partial charge in [0.1, 0.15) is 0 Å². The predicted octanol–water partition coefficient (Wildman–Crippen LogP) is 4.08. The number of fused-ring (bicyclic) bond motifs is 1. The van der Waals surface area contributed by atoms with E-state index in [4.69, 9.17) is 0 Å². The summed E-state index contributed by atoms with van der Waals surface area (Å²) >= 11 is 7.34. The molecule has 0 saturated carbocycles. The van der Waals surface area contributed by atoms with Crippen LogP contribution in [-0.4, -0.2) is 6.29 Å². The number of thiophene rings is 1. The number of benzene rings is 1. The zero-order valence-electron chi connectivity index (χ0n) is 6.38. The zero-order chi connectivity index (χ0) is 9.42. The summed E-state index contributed by atoms with van der Waals surface area (Å²) in [5, 5.41) is 1.19. The third kappa shape index (κ3) is 1.80. The van der Waals surface area contributed by atoms with Crippen molar-refractivity contribution in [3.05, 3.63) is 31.1 Å². The number of carbonyl (C=O) groups is 1. The van der Waals surface area contributed by atoms with Gasteiger partial charge in [-0.3, -0.25) is 4.79 Å². The van der Waals surface area contributed by atoms with Gasteiger partial charge in [-0.05, 0) is 46.2 Å². The summed E-state index contributed by atoms with van der Waals surface area (Å²) in [7, 11) is 0. The van der Waals surface area contributed by atoms with Gasteiger partial charge in [0.25, 0.3) is 0 Å². The average molecular weight is 367 g/mol. The van der Waals surface area contributed by atoms with Crippen LogP contribution in [0.25, 0.3) is 10.1 Å². The van der Waals surface area contributed by atoms with Crippen molar-refractivity contribution < 1.29 is 4.79 Å². The fourth-order valence-electron chi connectivity index (χ4n) is 1.13. The molecular formula is C9H4BrIOS. The van der Waals surface area contributed by atoms with Crippen LogP contribution in [-0.2, 0) is 0 Å². The summed E-state index contributed by atoms with van der Waals surface area (Å²) in [6.45, 7) is 0. The second-order valence-electron chi connectivity index (χ2n) is 2.58. The van der Waals surface area contributed by atoms with Gasteiger partial charge in [0.15, 0.2) is 6.29 Å². The predicted molar refractivity (Wildman–Crippen MR) is 67.6 cm³/mol. The fourth-order valence-corrected chi connectivity index (χ4v) is 3.45. The third-order valence-corrected chi connectivity index (χ3v) is 4.28. The Bertz CT molecular complexity index is 478. The largest absolute Gasteiger partial charge is 0.298 e. The van der Waals surface area contributed by atoms with Crippen LogP contribution in [0.15, 0.2) is 22.7 Å². The van der Waals surface area contributed by atoms with Crippen LogP contribution in [0.3, 0.4) is 0 Å². The van der Waals surface area contributed by atoms with Crippen LogP contribution in [0.1, 0.15) is 10.4 Å². The number of hydrogen-bond acceptors (Lipinski definition) is 2. The van der Waals surface area contributed by atoms with Gasteiger partial charge in [-0.25, -0.2) is 0 Å². The summed E-state index contributed by atoms with van der Waals surface area (Å²) in [5.74, 6) is 0. The lowest BCUT2D eigenvalue weighted by atomic mass is 10.2. The van der Waals surface area contributed by atoms with Crippen LogP contribution < -0.4 is 0 Å². The van der Waals surface area contributed by atoms with Crippen LogP contribution >= 0.6 is 49.9 Å². The van der Waals surface area contributed by atoms with Gasteiger partial charge in [-0.1, -0.05) is 15.9 Å². The molecule has 0 N–H and O–H groups in total. The van der Waals surface area contributed by atoms with Crippen LogP contribution in [0.4, 0.5) is 0 Å².